The molecule has 7 heteroatoms. The van der Waals surface area contributed by atoms with Crippen molar-refractivity contribution in [3.05, 3.63) is 18.5 Å². The number of carbonyl (C=O) groups excluding carboxylic acids is 1. The number of carbonyl (C=O) groups is 1. The Balaban J connectivity index is 2.17. The Kier molecular flexibility index (Phi) is 5.17. The topological polar surface area (TPSA) is 104 Å². The molecule has 1 amide bonds. The number of nitrogens with zero attached hydrogens (tertiary/aromatic N) is 3. The third-order valence-corrected chi connectivity index (χ3v) is 3.99. The molecule has 0 unspecified atom stereocenters. The molecular weight excluding hydrogens is 306 g/mol. The number of piperidine rings is 1. The molecule has 24 heavy (non-hydrogen) atoms. The van der Waals surface area contributed by atoms with E-state index in [4.69, 9.17) is 10.5 Å². The van der Waals surface area contributed by atoms with Crippen LogP contribution < -0.4 is 16.0 Å². The highest BCUT2D eigenvalue weighted by molar-refractivity contribution is 5.69. The lowest BCUT2D eigenvalue weighted by atomic mass is 9.84. The average molecular weight is 331 g/mol. The molecule has 2 rings (SSSR count). The molecule has 0 spiro atoms. The van der Waals surface area contributed by atoms with Gasteiger partial charge in [0.1, 0.15) is 5.60 Å². The van der Waals surface area contributed by atoms with E-state index in [1.165, 1.54) is 0 Å². The molecule has 3 N–H and O–H groups in total. The number of pyridine rings is 1. The van der Waals surface area contributed by atoms with Crippen LogP contribution in [0.1, 0.15) is 27.7 Å². The van der Waals surface area contributed by atoms with Crippen molar-refractivity contribution in [2.24, 2.45) is 11.8 Å². The van der Waals surface area contributed by atoms with Gasteiger partial charge in [0.25, 0.3) is 0 Å². The van der Waals surface area contributed by atoms with Gasteiger partial charge >= 0.3 is 6.09 Å². The van der Waals surface area contributed by atoms with Crippen LogP contribution in [0, 0.1) is 23.2 Å². The van der Waals surface area contributed by atoms with Crippen LogP contribution in [0.15, 0.2) is 18.5 Å². The lowest BCUT2D eigenvalue weighted by Gasteiger charge is -2.41. The fourth-order valence-electron chi connectivity index (χ4n) is 2.98. The van der Waals surface area contributed by atoms with Gasteiger partial charge in [0.05, 0.1) is 35.6 Å². The molecule has 1 aliphatic rings. The van der Waals surface area contributed by atoms with Crippen LogP contribution >= 0.6 is 0 Å². The molecule has 0 radical (unpaired) electrons. The summed E-state index contributed by atoms with van der Waals surface area (Å²) in [6, 6.07) is 3.83. The summed E-state index contributed by atoms with van der Waals surface area (Å²) in [5.41, 5.74) is 6.88. The Morgan fingerprint density at radius 3 is 2.79 bits per heavy atom. The Morgan fingerprint density at radius 2 is 2.21 bits per heavy atom. The second-order valence-corrected chi connectivity index (χ2v) is 7.22. The number of amides is 1. The van der Waals surface area contributed by atoms with Crippen LogP contribution in [0.25, 0.3) is 0 Å². The first-order valence-electron chi connectivity index (χ1n) is 8.05. The minimum absolute atomic E-state index is 0.0799. The molecule has 130 valence electrons. The molecule has 1 aromatic rings. The van der Waals surface area contributed by atoms with Gasteiger partial charge in [0, 0.05) is 19.3 Å². The quantitative estimate of drug-likeness (QED) is 0.860. The summed E-state index contributed by atoms with van der Waals surface area (Å²) in [5.74, 6) is -0.201. The average Bonchev–Trinajstić information content (AvgIpc) is 2.45. The summed E-state index contributed by atoms with van der Waals surface area (Å²) in [4.78, 5) is 18.2. The van der Waals surface area contributed by atoms with Crippen molar-refractivity contribution in [2.75, 3.05) is 23.7 Å². The number of nitrogen functional groups attached to an aromatic ring is 1. The van der Waals surface area contributed by atoms with Gasteiger partial charge in [-0.2, -0.15) is 5.26 Å². The molecule has 0 aromatic carbocycles. The number of hydrogen-bond acceptors (Lipinski definition) is 6. The van der Waals surface area contributed by atoms with Gasteiger partial charge in [-0.25, -0.2) is 4.79 Å². The van der Waals surface area contributed by atoms with Crippen molar-refractivity contribution in [2.45, 2.75) is 39.3 Å². The first kappa shape index (κ1) is 17.9. The largest absolute Gasteiger partial charge is 0.444 e. The number of nitrogens with one attached hydrogen (secondary N) is 1. The second-order valence-electron chi connectivity index (χ2n) is 7.22. The van der Waals surface area contributed by atoms with Gasteiger partial charge in [-0.1, -0.05) is 6.92 Å². The van der Waals surface area contributed by atoms with Crippen LogP contribution in [-0.2, 0) is 4.74 Å². The Morgan fingerprint density at radius 1 is 1.50 bits per heavy atom. The van der Waals surface area contributed by atoms with Crippen LogP contribution in [-0.4, -0.2) is 35.8 Å². The standard InChI is InChI=1S/C17H25N5O2/c1-11-9-22(15-5-6-20-8-13(15)19)10-14(12(11)7-18)21-16(23)24-17(2,3)4/h5-6,8,11-12,14H,9-10,19H2,1-4H3,(H,21,23)/t11-,12-,14+/m0/s1. The summed E-state index contributed by atoms with van der Waals surface area (Å²) in [6.07, 6.45) is 2.78. The maximum atomic E-state index is 12.1. The van der Waals surface area contributed by atoms with Crippen molar-refractivity contribution < 1.29 is 9.53 Å². The zero-order valence-electron chi connectivity index (χ0n) is 14.6. The number of anilines is 2. The predicted molar refractivity (Wildman–Crippen MR) is 92.3 cm³/mol. The lowest BCUT2D eigenvalue weighted by Crippen LogP contribution is -2.56. The molecule has 0 saturated carbocycles. The van der Waals surface area contributed by atoms with E-state index in [0.717, 1.165) is 5.69 Å². The van der Waals surface area contributed by atoms with E-state index in [2.05, 4.69) is 21.3 Å². The summed E-state index contributed by atoms with van der Waals surface area (Å²) >= 11 is 0. The maximum Gasteiger partial charge on any atom is 0.407 e. The number of aromatic nitrogens is 1. The number of nitriles is 1. The molecule has 0 bridgehead atoms. The van der Waals surface area contributed by atoms with Crippen LogP contribution in [0.3, 0.4) is 0 Å². The van der Waals surface area contributed by atoms with E-state index in [9.17, 15) is 10.1 Å². The van der Waals surface area contributed by atoms with E-state index in [1.807, 2.05) is 33.8 Å². The highest BCUT2D eigenvalue weighted by atomic mass is 16.6. The monoisotopic (exact) mass is 331 g/mol. The summed E-state index contributed by atoms with van der Waals surface area (Å²) < 4.78 is 5.32. The molecule has 3 atom stereocenters. The van der Waals surface area contributed by atoms with Crippen molar-refractivity contribution in [3.63, 3.8) is 0 Å². The third kappa shape index (κ3) is 4.28. The Labute approximate surface area is 142 Å². The molecule has 7 nitrogen and oxygen atoms in total. The summed E-state index contributed by atoms with van der Waals surface area (Å²) in [7, 11) is 0. The van der Waals surface area contributed by atoms with E-state index in [0.29, 0.717) is 18.8 Å². The van der Waals surface area contributed by atoms with E-state index in [1.54, 1.807) is 12.4 Å². The van der Waals surface area contributed by atoms with Crippen LogP contribution in [0.4, 0.5) is 16.2 Å². The van der Waals surface area contributed by atoms with Crippen molar-refractivity contribution in [3.8, 4) is 6.07 Å². The van der Waals surface area contributed by atoms with Crippen LogP contribution in [0.2, 0.25) is 0 Å². The Bertz CT molecular complexity index is 635. The number of ether oxygens (including phenoxy) is 1. The van der Waals surface area contributed by atoms with E-state index in [-0.39, 0.29) is 17.9 Å². The Hall–Kier alpha value is -2.49. The van der Waals surface area contributed by atoms with Crippen molar-refractivity contribution >= 4 is 17.5 Å². The number of rotatable bonds is 2. The highest BCUT2D eigenvalue weighted by Crippen LogP contribution is 2.30. The first-order valence-corrected chi connectivity index (χ1v) is 8.05. The van der Waals surface area contributed by atoms with Crippen LogP contribution in [0.5, 0.6) is 0 Å². The highest BCUT2D eigenvalue weighted by Gasteiger charge is 2.37. The molecular formula is C17H25N5O2. The molecule has 1 aromatic heterocycles. The SMILES string of the molecule is C[C@H]1CN(c2ccncc2N)C[C@@H](NC(=O)OC(C)(C)C)[C@H]1C#N. The second kappa shape index (κ2) is 6.95. The summed E-state index contributed by atoms with van der Waals surface area (Å²) in [6.45, 7) is 8.61. The summed E-state index contributed by atoms with van der Waals surface area (Å²) in [5, 5.41) is 12.3. The third-order valence-electron chi connectivity index (χ3n) is 3.99. The maximum absolute atomic E-state index is 12.1. The van der Waals surface area contributed by atoms with Crippen molar-refractivity contribution in [1.29, 1.82) is 5.26 Å². The van der Waals surface area contributed by atoms with Gasteiger partial charge in [-0.05, 0) is 32.8 Å². The molecule has 0 aliphatic carbocycles. The van der Waals surface area contributed by atoms with E-state index >= 15 is 0 Å². The van der Waals surface area contributed by atoms with Gasteiger partial charge in [0.15, 0.2) is 0 Å². The fourth-order valence-corrected chi connectivity index (χ4v) is 2.98. The van der Waals surface area contributed by atoms with Crippen molar-refractivity contribution in [1.82, 2.24) is 10.3 Å². The smallest absolute Gasteiger partial charge is 0.407 e. The number of nitrogens with two attached hydrogens (primary N) is 1. The normalized spacial score (nSPS) is 24.1. The molecule has 1 saturated heterocycles. The van der Waals surface area contributed by atoms with Gasteiger partial charge < -0.3 is 20.7 Å². The number of hydrogen-bond donors (Lipinski definition) is 2. The zero-order valence-corrected chi connectivity index (χ0v) is 14.6. The predicted octanol–water partition coefficient (Wildman–Crippen LogP) is 2.15. The molecule has 2 heterocycles. The molecule has 1 aliphatic heterocycles. The lowest BCUT2D eigenvalue weighted by molar-refractivity contribution is 0.0481. The van der Waals surface area contributed by atoms with Gasteiger partial charge in [-0.15, -0.1) is 0 Å². The number of alkyl carbamates (subject to hydrolysis) is 1. The minimum Gasteiger partial charge on any atom is -0.444 e. The van der Waals surface area contributed by atoms with E-state index < -0.39 is 11.7 Å². The molecule has 1 fully saturated rings. The zero-order chi connectivity index (χ0) is 17.9. The van der Waals surface area contributed by atoms with Gasteiger partial charge in [-0.3, -0.25) is 4.98 Å². The minimum atomic E-state index is -0.582. The fraction of sp³-hybridized carbons (Fsp3) is 0.588. The first-order chi connectivity index (χ1) is 11.2. The van der Waals surface area contributed by atoms with Gasteiger partial charge in [0.2, 0.25) is 0 Å².